The first-order valence-corrected chi connectivity index (χ1v) is 6.55. The number of benzene rings is 1. The number of piperazine rings is 1. The first-order valence-electron chi connectivity index (χ1n) is 6.55. The Bertz CT molecular complexity index is 554. The molecule has 0 aliphatic carbocycles. The molecule has 2 amide bonds. The number of nitrogens with one attached hydrogen (secondary N) is 2. The minimum absolute atomic E-state index is 0.0611. The van der Waals surface area contributed by atoms with Crippen LogP contribution in [0.1, 0.15) is 24.2 Å². The Hall–Kier alpha value is -2.24. The van der Waals surface area contributed by atoms with Gasteiger partial charge in [-0.1, -0.05) is 0 Å². The van der Waals surface area contributed by atoms with Gasteiger partial charge in [-0.15, -0.1) is 0 Å². The summed E-state index contributed by atoms with van der Waals surface area (Å²) in [7, 11) is 1.58. The van der Waals surface area contributed by atoms with Crippen molar-refractivity contribution in [3.63, 3.8) is 0 Å². The highest BCUT2D eigenvalue weighted by atomic mass is 16.2. The maximum atomic E-state index is 12.1. The number of amides is 2. The molecule has 1 aliphatic rings. The zero-order valence-electron chi connectivity index (χ0n) is 12.0. The molecule has 4 N–H and O–H groups in total. The van der Waals surface area contributed by atoms with E-state index in [0.29, 0.717) is 30.0 Å². The molecule has 20 heavy (non-hydrogen) atoms. The van der Waals surface area contributed by atoms with Crippen LogP contribution in [0, 0.1) is 0 Å². The van der Waals surface area contributed by atoms with Crippen LogP contribution in [-0.4, -0.2) is 37.5 Å². The molecule has 108 valence electrons. The molecule has 0 radical (unpaired) electrons. The second-order valence-electron chi connectivity index (χ2n) is 5.32. The van der Waals surface area contributed by atoms with E-state index in [1.54, 1.807) is 25.2 Å². The smallest absolute Gasteiger partial charge is 0.253 e. The van der Waals surface area contributed by atoms with Crippen LogP contribution in [0.3, 0.4) is 0 Å². The summed E-state index contributed by atoms with van der Waals surface area (Å²) in [5, 5.41) is 5.45. The normalized spacial score (nSPS) is 17.6. The molecule has 1 aliphatic heterocycles. The summed E-state index contributed by atoms with van der Waals surface area (Å²) in [4.78, 5) is 26.0. The molecule has 0 aromatic heterocycles. The Morgan fingerprint density at radius 2 is 2.15 bits per heavy atom. The molecule has 0 unspecified atom stereocenters. The van der Waals surface area contributed by atoms with E-state index in [1.807, 2.05) is 18.7 Å². The first kappa shape index (κ1) is 14.2. The van der Waals surface area contributed by atoms with Crippen LogP contribution in [0.15, 0.2) is 18.2 Å². The van der Waals surface area contributed by atoms with Crippen LogP contribution in [-0.2, 0) is 4.79 Å². The molecule has 1 heterocycles. The summed E-state index contributed by atoms with van der Waals surface area (Å²) >= 11 is 0. The maximum Gasteiger partial charge on any atom is 0.253 e. The fourth-order valence-electron chi connectivity index (χ4n) is 2.42. The van der Waals surface area contributed by atoms with Gasteiger partial charge in [0, 0.05) is 25.8 Å². The number of nitrogens with zero attached hydrogens (tertiary/aromatic N) is 1. The van der Waals surface area contributed by atoms with Gasteiger partial charge in [0.25, 0.3) is 5.91 Å². The van der Waals surface area contributed by atoms with E-state index in [4.69, 9.17) is 5.73 Å². The molecule has 1 aromatic carbocycles. The SMILES string of the molecule is CNC(=O)c1ccc(N)cc1N1CCNC(=O)C1(C)C. The van der Waals surface area contributed by atoms with E-state index in [1.165, 1.54) is 0 Å². The van der Waals surface area contributed by atoms with Crippen molar-refractivity contribution in [2.75, 3.05) is 30.8 Å². The molecular formula is C14H20N4O2. The van der Waals surface area contributed by atoms with Gasteiger partial charge in [0.2, 0.25) is 5.91 Å². The van der Waals surface area contributed by atoms with Gasteiger partial charge in [-0.05, 0) is 32.0 Å². The van der Waals surface area contributed by atoms with Crippen molar-refractivity contribution in [3.05, 3.63) is 23.8 Å². The second kappa shape index (κ2) is 5.03. The van der Waals surface area contributed by atoms with Gasteiger partial charge >= 0.3 is 0 Å². The van der Waals surface area contributed by atoms with E-state index in [2.05, 4.69) is 10.6 Å². The monoisotopic (exact) mass is 276 g/mol. The topological polar surface area (TPSA) is 87.5 Å². The van der Waals surface area contributed by atoms with Crippen molar-refractivity contribution >= 4 is 23.2 Å². The van der Waals surface area contributed by atoms with Crippen LogP contribution in [0.25, 0.3) is 0 Å². The standard InChI is InChI=1S/C14H20N4O2/c1-14(2)13(20)17-6-7-18(14)11-8-9(15)4-5-10(11)12(19)16-3/h4-5,8H,6-7,15H2,1-3H3,(H,16,19)(H,17,20). The third-order valence-corrected chi connectivity index (χ3v) is 3.64. The largest absolute Gasteiger partial charge is 0.399 e. The lowest BCUT2D eigenvalue weighted by Gasteiger charge is -2.43. The molecule has 1 saturated heterocycles. The van der Waals surface area contributed by atoms with Crippen molar-refractivity contribution in [1.82, 2.24) is 10.6 Å². The van der Waals surface area contributed by atoms with Gasteiger partial charge < -0.3 is 21.3 Å². The number of carbonyl (C=O) groups excluding carboxylic acids is 2. The van der Waals surface area contributed by atoms with Gasteiger partial charge in [0.15, 0.2) is 0 Å². The fourth-order valence-corrected chi connectivity index (χ4v) is 2.42. The highest BCUT2D eigenvalue weighted by Crippen LogP contribution is 2.31. The summed E-state index contributed by atoms with van der Waals surface area (Å²) in [6, 6.07) is 5.11. The molecule has 0 bridgehead atoms. The van der Waals surface area contributed by atoms with Crippen molar-refractivity contribution in [2.45, 2.75) is 19.4 Å². The Labute approximate surface area is 118 Å². The highest BCUT2D eigenvalue weighted by Gasteiger charge is 2.39. The first-order chi connectivity index (χ1) is 9.37. The van der Waals surface area contributed by atoms with Crippen LogP contribution in [0.5, 0.6) is 0 Å². The number of hydrogen-bond donors (Lipinski definition) is 3. The summed E-state index contributed by atoms with van der Waals surface area (Å²) in [6.07, 6.45) is 0. The molecule has 0 atom stereocenters. The second-order valence-corrected chi connectivity index (χ2v) is 5.32. The predicted octanol–water partition coefficient (Wildman–Crippen LogP) is 0.343. The van der Waals surface area contributed by atoms with Gasteiger partial charge in [-0.2, -0.15) is 0 Å². The number of nitrogens with two attached hydrogens (primary N) is 1. The van der Waals surface area contributed by atoms with Gasteiger partial charge in [-0.3, -0.25) is 9.59 Å². The summed E-state index contributed by atoms with van der Waals surface area (Å²) < 4.78 is 0. The van der Waals surface area contributed by atoms with Crippen molar-refractivity contribution < 1.29 is 9.59 Å². The predicted molar refractivity (Wildman–Crippen MR) is 78.7 cm³/mol. The number of rotatable bonds is 2. The van der Waals surface area contributed by atoms with Gasteiger partial charge in [-0.25, -0.2) is 0 Å². The molecule has 2 rings (SSSR count). The van der Waals surface area contributed by atoms with E-state index in [9.17, 15) is 9.59 Å². The van der Waals surface area contributed by atoms with Crippen molar-refractivity contribution in [1.29, 1.82) is 0 Å². The minimum atomic E-state index is -0.727. The molecule has 0 spiro atoms. The van der Waals surface area contributed by atoms with E-state index < -0.39 is 5.54 Å². The van der Waals surface area contributed by atoms with Crippen LogP contribution in [0.4, 0.5) is 11.4 Å². The van der Waals surface area contributed by atoms with E-state index in [-0.39, 0.29) is 11.8 Å². The zero-order valence-corrected chi connectivity index (χ0v) is 12.0. The molecular weight excluding hydrogens is 256 g/mol. The Kier molecular flexibility index (Phi) is 3.57. The molecule has 6 heteroatoms. The molecule has 6 nitrogen and oxygen atoms in total. The van der Waals surface area contributed by atoms with Gasteiger partial charge in [0.1, 0.15) is 5.54 Å². The number of hydrogen-bond acceptors (Lipinski definition) is 4. The van der Waals surface area contributed by atoms with E-state index in [0.717, 1.165) is 0 Å². The average Bonchev–Trinajstić information content (AvgIpc) is 2.41. The van der Waals surface area contributed by atoms with Crippen LogP contribution < -0.4 is 21.3 Å². The number of nitrogen functional groups attached to an aromatic ring is 1. The minimum Gasteiger partial charge on any atom is -0.399 e. The number of carbonyl (C=O) groups is 2. The van der Waals surface area contributed by atoms with Crippen molar-refractivity contribution in [2.24, 2.45) is 0 Å². The van der Waals surface area contributed by atoms with Crippen molar-refractivity contribution in [3.8, 4) is 0 Å². The molecule has 1 aromatic rings. The van der Waals surface area contributed by atoms with Crippen LogP contribution >= 0.6 is 0 Å². The Morgan fingerprint density at radius 1 is 1.45 bits per heavy atom. The maximum absolute atomic E-state index is 12.1. The zero-order chi connectivity index (χ0) is 14.9. The van der Waals surface area contributed by atoms with E-state index >= 15 is 0 Å². The quantitative estimate of drug-likeness (QED) is 0.680. The lowest BCUT2D eigenvalue weighted by Crippen LogP contribution is -2.62. The summed E-state index contributed by atoms with van der Waals surface area (Å²) in [5.41, 5.74) is 6.88. The van der Waals surface area contributed by atoms with Gasteiger partial charge in [0.05, 0.1) is 11.3 Å². The lowest BCUT2D eigenvalue weighted by molar-refractivity contribution is -0.126. The molecule has 0 saturated carbocycles. The Balaban J connectivity index is 2.53. The third kappa shape index (κ3) is 2.29. The third-order valence-electron chi connectivity index (χ3n) is 3.64. The lowest BCUT2D eigenvalue weighted by atomic mass is 9.96. The highest BCUT2D eigenvalue weighted by molar-refractivity contribution is 6.02. The fraction of sp³-hybridized carbons (Fsp3) is 0.429. The Morgan fingerprint density at radius 3 is 2.80 bits per heavy atom. The number of anilines is 2. The van der Waals surface area contributed by atoms with Crippen LogP contribution in [0.2, 0.25) is 0 Å². The average molecular weight is 276 g/mol. The summed E-state index contributed by atoms with van der Waals surface area (Å²) in [6.45, 7) is 4.84. The molecule has 1 fully saturated rings. The summed E-state index contributed by atoms with van der Waals surface area (Å²) in [5.74, 6) is -0.254.